The summed E-state index contributed by atoms with van der Waals surface area (Å²) in [6.45, 7) is 0.784. The number of aliphatic hydroxyl groups excluding tert-OH is 1. The molecule has 1 atom stereocenters. The summed E-state index contributed by atoms with van der Waals surface area (Å²) in [7, 11) is 0. The monoisotopic (exact) mass is 283 g/mol. The van der Waals surface area contributed by atoms with E-state index >= 15 is 0 Å². The molecule has 1 aliphatic rings. The van der Waals surface area contributed by atoms with Crippen LogP contribution in [0.4, 0.5) is 8.78 Å². The van der Waals surface area contributed by atoms with Gasteiger partial charge in [0.2, 0.25) is 0 Å². The molecule has 110 valence electrons. The van der Waals surface area contributed by atoms with Crippen molar-refractivity contribution in [3.05, 3.63) is 35.4 Å². The molecule has 1 heterocycles. The fourth-order valence-corrected chi connectivity index (χ4v) is 2.64. The molecular weight excluding hydrogens is 264 g/mol. The van der Waals surface area contributed by atoms with E-state index in [9.17, 15) is 18.7 Å². The van der Waals surface area contributed by atoms with Crippen LogP contribution in [-0.2, 0) is 0 Å². The van der Waals surface area contributed by atoms with E-state index in [4.69, 9.17) is 0 Å². The number of ketones is 1. The van der Waals surface area contributed by atoms with Gasteiger partial charge in [-0.3, -0.25) is 9.69 Å². The molecule has 1 unspecified atom stereocenters. The van der Waals surface area contributed by atoms with Gasteiger partial charge < -0.3 is 5.11 Å². The van der Waals surface area contributed by atoms with Crippen molar-refractivity contribution in [2.75, 3.05) is 19.7 Å². The molecule has 1 N–H and O–H groups in total. The molecule has 5 heteroatoms. The highest BCUT2D eigenvalue weighted by Gasteiger charge is 2.24. The standard InChI is InChI=1S/C15H19F2NO2/c16-11-5-6-13(14(17)8-11)15(20)9-18-7-3-1-2-4-12(18)10-19/h5-6,8,12,19H,1-4,7,9-10H2. The van der Waals surface area contributed by atoms with Crippen molar-refractivity contribution < 1.29 is 18.7 Å². The highest BCUT2D eigenvalue weighted by atomic mass is 19.1. The first-order valence-electron chi connectivity index (χ1n) is 6.95. The average Bonchev–Trinajstić information content (AvgIpc) is 2.63. The minimum atomic E-state index is -0.828. The van der Waals surface area contributed by atoms with Crippen LogP contribution in [0.15, 0.2) is 18.2 Å². The van der Waals surface area contributed by atoms with Crippen LogP contribution in [0.3, 0.4) is 0 Å². The first kappa shape index (κ1) is 15.1. The Bertz CT molecular complexity index is 479. The zero-order valence-corrected chi connectivity index (χ0v) is 11.3. The molecule has 1 aromatic carbocycles. The molecule has 0 bridgehead atoms. The molecular formula is C15H19F2NO2. The highest BCUT2D eigenvalue weighted by molar-refractivity contribution is 5.97. The van der Waals surface area contributed by atoms with E-state index in [2.05, 4.69) is 0 Å². The van der Waals surface area contributed by atoms with Crippen molar-refractivity contribution >= 4 is 5.78 Å². The molecule has 3 nitrogen and oxygen atoms in total. The number of aliphatic hydroxyl groups is 1. The molecule has 0 saturated carbocycles. The number of carbonyl (C=O) groups excluding carboxylic acids is 1. The van der Waals surface area contributed by atoms with Crippen molar-refractivity contribution in [1.29, 1.82) is 0 Å². The Balaban J connectivity index is 2.09. The van der Waals surface area contributed by atoms with Crippen molar-refractivity contribution in [3.63, 3.8) is 0 Å². The van der Waals surface area contributed by atoms with Gasteiger partial charge in [0, 0.05) is 12.1 Å². The molecule has 0 aliphatic carbocycles. The third-order valence-corrected chi connectivity index (χ3v) is 3.79. The second-order valence-electron chi connectivity index (χ2n) is 5.20. The van der Waals surface area contributed by atoms with Gasteiger partial charge in [0.15, 0.2) is 5.78 Å². The van der Waals surface area contributed by atoms with E-state index in [1.807, 2.05) is 4.90 Å². The molecule has 1 fully saturated rings. The van der Waals surface area contributed by atoms with Crippen LogP contribution in [0.1, 0.15) is 36.0 Å². The van der Waals surface area contributed by atoms with Crippen molar-refractivity contribution in [1.82, 2.24) is 4.90 Å². The molecule has 0 amide bonds. The summed E-state index contributed by atoms with van der Waals surface area (Å²) in [6, 6.07) is 2.94. The van der Waals surface area contributed by atoms with E-state index in [-0.39, 0.29) is 30.5 Å². The number of hydrogen-bond acceptors (Lipinski definition) is 3. The number of benzene rings is 1. The van der Waals surface area contributed by atoms with Crippen molar-refractivity contribution in [2.24, 2.45) is 0 Å². The number of rotatable bonds is 4. The fourth-order valence-electron chi connectivity index (χ4n) is 2.64. The third-order valence-electron chi connectivity index (χ3n) is 3.79. The molecule has 1 aliphatic heterocycles. The van der Waals surface area contributed by atoms with Crippen LogP contribution in [0.5, 0.6) is 0 Å². The van der Waals surface area contributed by atoms with Crippen LogP contribution in [0.2, 0.25) is 0 Å². The summed E-state index contributed by atoms with van der Waals surface area (Å²) in [5.41, 5.74) is -0.0904. The zero-order valence-electron chi connectivity index (χ0n) is 11.3. The number of nitrogens with zero attached hydrogens (tertiary/aromatic N) is 1. The lowest BCUT2D eigenvalue weighted by Gasteiger charge is -2.27. The minimum absolute atomic E-state index is 0.000814. The lowest BCUT2D eigenvalue weighted by atomic mass is 10.1. The first-order chi connectivity index (χ1) is 9.61. The van der Waals surface area contributed by atoms with Crippen LogP contribution >= 0.6 is 0 Å². The SMILES string of the molecule is O=C(CN1CCCCCC1CO)c1ccc(F)cc1F. The Morgan fingerprint density at radius 2 is 2.10 bits per heavy atom. The maximum Gasteiger partial charge on any atom is 0.179 e. The average molecular weight is 283 g/mol. The highest BCUT2D eigenvalue weighted by Crippen LogP contribution is 2.18. The van der Waals surface area contributed by atoms with Gasteiger partial charge >= 0.3 is 0 Å². The van der Waals surface area contributed by atoms with Gasteiger partial charge in [0.05, 0.1) is 18.7 Å². The van der Waals surface area contributed by atoms with Crippen molar-refractivity contribution in [2.45, 2.75) is 31.7 Å². The quantitative estimate of drug-likeness (QED) is 0.863. The van der Waals surface area contributed by atoms with Gasteiger partial charge in [0.25, 0.3) is 0 Å². The van der Waals surface area contributed by atoms with E-state index in [0.717, 1.165) is 44.4 Å². The lowest BCUT2D eigenvalue weighted by molar-refractivity contribution is 0.0822. The molecule has 0 radical (unpaired) electrons. The van der Waals surface area contributed by atoms with Crippen LogP contribution in [-0.4, -0.2) is 41.5 Å². The lowest BCUT2D eigenvalue weighted by Crippen LogP contribution is -2.41. The second-order valence-corrected chi connectivity index (χ2v) is 5.20. The summed E-state index contributed by atoms with van der Waals surface area (Å²) in [5, 5.41) is 9.38. The normalized spacial score (nSPS) is 20.6. The van der Waals surface area contributed by atoms with Gasteiger partial charge in [-0.2, -0.15) is 0 Å². The first-order valence-corrected chi connectivity index (χ1v) is 6.95. The maximum atomic E-state index is 13.6. The van der Waals surface area contributed by atoms with Crippen LogP contribution < -0.4 is 0 Å². The van der Waals surface area contributed by atoms with Crippen LogP contribution in [0, 0.1) is 11.6 Å². The maximum absolute atomic E-state index is 13.6. The molecule has 20 heavy (non-hydrogen) atoms. The summed E-state index contributed by atoms with van der Waals surface area (Å²) < 4.78 is 26.4. The number of halogens is 2. The van der Waals surface area contributed by atoms with E-state index in [1.54, 1.807) is 0 Å². The molecule has 1 aromatic rings. The van der Waals surface area contributed by atoms with Crippen LogP contribution in [0.25, 0.3) is 0 Å². The van der Waals surface area contributed by atoms with Gasteiger partial charge in [0.1, 0.15) is 11.6 Å². The number of carbonyl (C=O) groups is 1. The Kier molecular flexibility index (Phi) is 5.20. The number of Topliss-reactive ketones (excluding diaryl/α,β-unsaturated/α-hetero) is 1. The predicted molar refractivity (Wildman–Crippen MR) is 71.6 cm³/mol. The summed E-state index contributed by atoms with van der Waals surface area (Å²) in [5.74, 6) is -1.89. The minimum Gasteiger partial charge on any atom is -0.395 e. The van der Waals surface area contributed by atoms with Crippen molar-refractivity contribution in [3.8, 4) is 0 Å². The summed E-state index contributed by atoms with van der Waals surface area (Å²) in [6.07, 6.45) is 3.91. The fraction of sp³-hybridized carbons (Fsp3) is 0.533. The van der Waals surface area contributed by atoms with E-state index < -0.39 is 11.6 Å². The van der Waals surface area contributed by atoms with Gasteiger partial charge in [-0.15, -0.1) is 0 Å². The molecule has 1 saturated heterocycles. The Morgan fingerprint density at radius 3 is 2.80 bits per heavy atom. The van der Waals surface area contributed by atoms with E-state index in [1.165, 1.54) is 6.07 Å². The summed E-state index contributed by atoms with van der Waals surface area (Å²) in [4.78, 5) is 14.0. The largest absolute Gasteiger partial charge is 0.395 e. The smallest absolute Gasteiger partial charge is 0.179 e. The molecule has 0 aromatic heterocycles. The summed E-state index contributed by atoms with van der Waals surface area (Å²) >= 11 is 0. The Hall–Kier alpha value is -1.33. The topological polar surface area (TPSA) is 40.5 Å². The molecule has 0 spiro atoms. The number of hydrogen-bond donors (Lipinski definition) is 1. The Labute approximate surface area is 117 Å². The zero-order chi connectivity index (χ0) is 14.5. The van der Waals surface area contributed by atoms with Gasteiger partial charge in [-0.05, 0) is 31.5 Å². The third kappa shape index (κ3) is 3.61. The van der Waals surface area contributed by atoms with Gasteiger partial charge in [-0.25, -0.2) is 8.78 Å². The molecule has 2 rings (SSSR count). The Morgan fingerprint density at radius 1 is 1.30 bits per heavy atom. The predicted octanol–water partition coefficient (Wildman–Crippen LogP) is 2.38. The van der Waals surface area contributed by atoms with E-state index in [0.29, 0.717) is 0 Å². The second kappa shape index (κ2) is 6.90. The van der Waals surface area contributed by atoms with Gasteiger partial charge in [-0.1, -0.05) is 12.8 Å². The number of likely N-dealkylation sites (tertiary alicyclic amines) is 1.